The molecule has 3 rings (SSSR count). The first-order chi connectivity index (χ1) is 12.2. The van der Waals surface area contributed by atoms with Gasteiger partial charge >= 0.3 is 0 Å². The van der Waals surface area contributed by atoms with Crippen LogP contribution in [0, 0.1) is 0 Å². The van der Waals surface area contributed by atoms with E-state index in [9.17, 15) is 9.59 Å². The molecule has 25 heavy (non-hydrogen) atoms. The van der Waals surface area contributed by atoms with Gasteiger partial charge in [-0.25, -0.2) is 4.98 Å². The number of amides is 2. The van der Waals surface area contributed by atoms with Gasteiger partial charge in [-0.2, -0.15) is 0 Å². The van der Waals surface area contributed by atoms with Gasteiger partial charge in [0, 0.05) is 45.5 Å². The smallest absolute Gasteiger partial charge is 0.259 e. The molecular formula is C18H26N4O3. The molecule has 2 saturated heterocycles. The first-order valence-corrected chi connectivity index (χ1v) is 9.06. The number of pyridine rings is 1. The number of ether oxygens (including phenoxy) is 1. The van der Waals surface area contributed by atoms with Crippen LogP contribution in [0.25, 0.3) is 0 Å². The minimum atomic E-state index is -0.0536. The molecule has 7 nitrogen and oxygen atoms in total. The van der Waals surface area contributed by atoms with Crippen LogP contribution in [0.3, 0.4) is 0 Å². The average Bonchev–Trinajstić information content (AvgIpc) is 3.17. The molecule has 0 spiro atoms. The Balaban J connectivity index is 1.53. The summed E-state index contributed by atoms with van der Waals surface area (Å²) in [6, 6.07) is 3.50. The lowest BCUT2D eigenvalue weighted by molar-refractivity contribution is -0.131. The summed E-state index contributed by atoms with van der Waals surface area (Å²) in [5, 5.41) is 0. The standard InChI is InChI=1S/C18H26N4O3/c1-2-25-17-15(6-5-7-19-17)18(24)22-12-10-20(11-13-22)14-16(23)21-8-3-4-9-21/h5-7H,2-4,8-14H2,1H3. The Morgan fingerprint density at radius 1 is 1.08 bits per heavy atom. The highest BCUT2D eigenvalue weighted by Gasteiger charge is 2.27. The van der Waals surface area contributed by atoms with Crippen LogP contribution in [0.15, 0.2) is 18.3 Å². The van der Waals surface area contributed by atoms with Crippen molar-refractivity contribution in [2.75, 3.05) is 52.4 Å². The molecule has 2 amide bonds. The summed E-state index contributed by atoms with van der Waals surface area (Å²) in [4.78, 5) is 35.0. The lowest BCUT2D eigenvalue weighted by atomic mass is 10.2. The van der Waals surface area contributed by atoms with Gasteiger partial charge in [0.2, 0.25) is 11.8 Å². The number of rotatable bonds is 5. The van der Waals surface area contributed by atoms with E-state index in [0.29, 0.717) is 37.7 Å². The largest absolute Gasteiger partial charge is 0.477 e. The normalized spacial score (nSPS) is 18.4. The van der Waals surface area contributed by atoms with Crippen LogP contribution < -0.4 is 4.74 Å². The van der Waals surface area contributed by atoms with E-state index in [1.807, 2.05) is 16.7 Å². The number of carbonyl (C=O) groups is 2. The summed E-state index contributed by atoms with van der Waals surface area (Å²) in [7, 11) is 0. The van der Waals surface area contributed by atoms with Gasteiger partial charge in [-0.05, 0) is 31.9 Å². The van der Waals surface area contributed by atoms with E-state index in [4.69, 9.17) is 4.74 Å². The van der Waals surface area contributed by atoms with Crippen molar-refractivity contribution < 1.29 is 14.3 Å². The van der Waals surface area contributed by atoms with E-state index in [1.165, 1.54) is 0 Å². The van der Waals surface area contributed by atoms with Gasteiger partial charge in [0.15, 0.2) is 0 Å². The highest BCUT2D eigenvalue weighted by Crippen LogP contribution is 2.18. The molecule has 0 radical (unpaired) electrons. The zero-order valence-corrected chi connectivity index (χ0v) is 14.8. The van der Waals surface area contributed by atoms with Crippen LogP contribution >= 0.6 is 0 Å². The maximum absolute atomic E-state index is 12.7. The summed E-state index contributed by atoms with van der Waals surface area (Å²) in [5.41, 5.74) is 0.506. The van der Waals surface area contributed by atoms with Crippen molar-refractivity contribution in [2.45, 2.75) is 19.8 Å². The topological polar surface area (TPSA) is 66.0 Å². The molecular weight excluding hydrogens is 320 g/mol. The quantitative estimate of drug-likeness (QED) is 0.791. The minimum Gasteiger partial charge on any atom is -0.477 e. The monoisotopic (exact) mass is 346 g/mol. The molecule has 2 aliphatic heterocycles. The number of likely N-dealkylation sites (tertiary alicyclic amines) is 1. The van der Waals surface area contributed by atoms with Crippen LogP contribution in [0.1, 0.15) is 30.1 Å². The van der Waals surface area contributed by atoms with Crippen molar-refractivity contribution in [1.29, 1.82) is 0 Å². The Hall–Kier alpha value is -2.15. The fraction of sp³-hybridized carbons (Fsp3) is 0.611. The summed E-state index contributed by atoms with van der Waals surface area (Å²) in [5.74, 6) is 0.548. The maximum atomic E-state index is 12.7. The summed E-state index contributed by atoms with van der Waals surface area (Å²) >= 11 is 0. The third kappa shape index (κ3) is 4.28. The number of nitrogens with zero attached hydrogens (tertiary/aromatic N) is 4. The molecule has 0 N–H and O–H groups in total. The number of hydrogen-bond acceptors (Lipinski definition) is 5. The van der Waals surface area contributed by atoms with E-state index in [-0.39, 0.29) is 11.8 Å². The molecule has 1 aromatic rings. The van der Waals surface area contributed by atoms with Gasteiger partial charge in [-0.15, -0.1) is 0 Å². The average molecular weight is 346 g/mol. The number of hydrogen-bond donors (Lipinski definition) is 0. The van der Waals surface area contributed by atoms with Crippen LogP contribution in [0.5, 0.6) is 5.88 Å². The molecule has 0 unspecified atom stereocenters. The second-order valence-electron chi connectivity index (χ2n) is 6.45. The number of piperazine rings is 1. The fourth-order valence-corrected chi connectivity index (χ4v) is 3.34. The second-order valence-corrected chi connectivity index (χ2v) is 6.45. The number of aromatic nitrogens is 1. The zero-order chi connectivity index (χ0) is 17.6. The molecule has 0 saturated carbocycles. The van der Waals surface area contributed by atoms with Crippen LogP contribution in [0.4, 0.5) is 0 Å². The first kappa shape index (κ1) is 17.7. The Kier molecular flexibility index (Phi) is 5.86. The first-order valence-electron chi connectivity index (χ1n) is 9.06. The van der Waals surface area contributed by atoms with Crippen LogP contribution in [-0.4, -0.2) is 83.9 Å². The van der Waals surface area contributed by atoms with Gasteiger partial charge < -0.3 is 14.5 Å². The Morgan fingerprint density at radius 2 is 1.80 bits per heavy atom. The molecule has 3 heterocycles. The van der Waals surface area contributed by atoms with Gasteiger partial charge in [-0.1, -0.05) is 0 Å². The van der Waals surface area contributed by atoms with E-state index in [1.54, 1.807) is 18.3 Å². The van der Waals surface area contributed by atoms with Crippen LogP contribution in [-0.2, 0) is 4.79 Å². The molecule has 0 atom stereocenters. The molecule has 136 valence electrons. The third-order valence-corrected chi connectivity index (χ3v) is 4.76. The molecule has 2 aliphatic rings. The van der Waals surface area contributed by atoms with E-state index < -0.39 is 0 Å². The Labute approximate surface area is 148 Å². The Morgan fingerprint density at radius 3 is 2.48 bits per heavy atom. The van der Waals surface area contributed by atoms with Crippen molar-refractivity contribution in [2.24, 2.45) is 0 Å². The molecule has 7 heteroatoms. The maximum Gasteiger partial charge on any atom is 0.259 e. The molecule has 1 aromatic heterocycles. The van der Waals surface area contributed by atoms with Crippen molar-refractivity contribution >= 4 is 11.8 Å². The highest BCUT2D eigenvalue weighted by atomic mass is 16.5. The SMILES string of the molecule is CCOc1ncccc1C(=O)N1CCN(CC(=O)N2CCCC2)CC1. The van der Waals surface area contributed by atoms with Gasteiger partial charge in [-0.3, -0.25) is 14.5 Å². The predicted molar refractivity (Wildman–Crippen MR) is 93.6 cm³/mol. The predicted octanol–water partition coefficient (Wildman–Crippen LogP) is 0.861. The van der Waals surface area contributed by atoms with Crippen molar-refractivity contribution in [1.82, 2.24) is 19.7 Å². The Bertz CT molecular complexity index is 608. The van der Waals surface area contributed by atoms with E-state index >= 15 is 0 Å². The minimum absolute atomic E-state index is 0.0536. The lowest BCUT2D eigenvalue weighted by Gasteiger charge is -2.35. The molecule has 0 bridgehead atoms. The number of carbonyl (C=O) groups excluding carboxylic acids is 2. The summed E-state index contributed by atoms with van der Waals surface area (Å²) in [6.07, 6.45) is 3.85. The third-order valence-electron chi connectivity index (χ3n) is 4.76. The fourth-order valence-electron chi connectivity index (χ4n) is 3.34. The summed E-state index contributed by atoms with van der Waals surface area (Å²) in [6.45, 7) is 7.25. The van der Waals surface area contributed by atoms with Crippen LogP contribution in [0.2, 0.25) is 0 Å². The second kappa shape index (κ2) is 8.29. The van der Waals surface area contributed by atoms with E-state index in [2.05, 4.69) is 9.88 Å². The molecule has 2 fully saturated rings. The van der Waals surface area contributed by atoms with Gasteiger partial charge in [0.1, 0.15) is 5.56 Å². The van der Waals surface area contributed by atoms with Gasteiger partial charge in [0.25, 0.3) is 5.91 Å². The zero-order valence-electron chi connectivity index (χ0n) is 14.8. The highest BCUT2D eigenvalue weighted by molar-refractivity contribution is 5.96. The lowest BCUT2D eigenvalue weighted by Crippen LogP contribution is -2.51. The van der Waals surface area contributed by atoms with Crippen molar-refractivity contribution in [3.63, 3.8) is 0 Å². The molecule has 0 aromatic carbocycles. The van der Waals surface area contributed by atoms with Crippen molar-refractivity contribution in [3.05, 3.63) is 23.9 Å². The summed E-state index contributed by atoms with van der Waals surface area (Å²) < 4.78 is 5.46. The molecule has 0 aliphatic carbocycles. The van der Waals surface area contributed by atoms with Crippen molar-refractivity contribution in [3.8, 4) is 5.88 Å². The van der Waals surface area contributed by atoms with Gasteiger partial charge in [0.05, 0.1) is 13.2 Å². The van der Waals surface area contributed by atoms with E-state index in [0.717, 1.165) is 39.0 Å².